The van der Waals surface area contributed by atoms with Crippen LogP contribution in [-0.2, 0) is 0 Å². The molecular formula is C27H23NO5. The molecule has 0 spiro atoms. The minimum atomic E-state index is -1.04. The van der Waals surface area contributed by atoms with Gasteiger partial charge < -0.3 is 14.8 Å². The molecule has 0 aliphatic rings. The normalized spacial score (nSPS) is 11.8. The van der Waals surface area contributed by atoms with Crippen molar-refractivity contribution in [2.45, 2.75) is 26.8 Å². The fourth-order valence-electron chi connectivity index (χ4n) is 4.02. The van der Waals surface area contributed by atoms with Crippen molar-refractivity contribution < 1.29 is 19.1 Å². The van der Waals surface area contributed by atoms with Crippen LogP contribution in [0.15, 0.2) is 75.9 Å². The Labute approximate surface area is 190 Å². The lowest BCUT2D eigenvalue weighted by Gasteiger charge is -2.20. The number of carbonyl (C=O) groups excluding carboxylic acids is 1. The number of carboxylic acids is 1. The highest BCUT2D eigenvalue weighted by atomic mass is 16.4. The molecule has 4 aromatic rings. The van der Waals surface area contributed by atoms with E-state index in [1.807, 2.05) is 38.1 Å². The van der Waals surface area contributed by atoms with E-state index in [0.29, 0.717) is 27.8 Å². The summed E-state index contributed by atoms with van der Waals surface area (Å²) in [5, 5.41) is 13.1. The number of hydrogen-bond donors (Lipinski definition) is 2. The SMILES string of the molecule is CC(=O)c1c(-c2ccccc2)oc2c(C(C)Nc3ccccc3C(=O)O)cc(C)cc2c1=O. The molecule has 0 saturated heterocycles. The van der Waals surface area contributed by atoms with Gasteiger partial charge in [-0.05, 0) is 44.5 Å². The second kappa shape index (κ2) is 8.74. The highest BCUT2D eigenvalue weighted by molar-refractivity contribution is 6.02. The van der Waals surface area contributed by atoms with Crippen molar-refractivity contribution >= 4 is 28.4 Å². The lowest BCUT2D eigenvalue weighted by Crippen LogP contribution is -2.17. The Morgan fingerprint density at radius 2 is 1.67 bits per heavy atom. The third-order valence-corrected chi connectivity index (χ3v) is 5.55. The zero-order valence-corrected chi connectivity index (χ0v) is 18.5. The van der Waals surface area contributed by atoms with Crippen molar-refractivity contribution in [3.63, 3.8) is 0 Å². The van der Waals surface area contributed by atoms with E-state index in [-0.39, 0.29) is 34.1 Å². The second-order valence-corrected chi connectivity index (χ2v) is 8.01. The summed E-state index contributed by atoms with van der Waals surface area (Å²) in [5.74, 6) is -1.18. The van der Waals surface area contributed by atoms with E-state index < -0.39 is 5.97 Å². The second-order valence-electron chi connectivity index (χ2n) is 8.01. The van der Waals surface area contributed by atoms with E-state index in [9.17, 15) is 19.5 Å². The van der Waals surface area contributed by atoms with E-state index >= 15 is 0 Å². The Balaban J connectivity index is 1.95. The smallest absolute Gasteiger partial charge is 0.337 e. The van der Waals surface area contributed by atoms with Gasteiger partial charge in [-0.1, -0.05) is 48.5 Å². The summed E-state index contributed by atoms with van der Waals surface area (Å²) in [6, 6.07) is 18.9. The first-order valence-corrected chi connectivity index (χ1v) is 10.5. The van der Waals surface area contributed by atoms with Crippen molar-refractivity contribution in [3.8, 4) is 11.3 Å². The third kappa shape index (κ3) is 4.15. The highest BCUT2D eigenvalue weighted by Crippen LogP contribution is 2.33. The lowest BCUT2D eigenvalue weighted by atomic mass is 9.97. The van der Waals surface area contributed by atoms with Gasteiger partial charge in [0.15, 0.2) is 5.78 Å². The minimum absolute atomic E-state index is 0.0158. The van der Waals surface area contributed by atoms with Crippen LogP contribution in [0.25, 0.3) is 22.3 Å². The van der Waals surface area contributed by atoms with E-state index in [1.54, 1.807) is 36.4 Å². The van der Waals surface area contributed by atoms with E-state index in [2.05, 4.69) is 5.32 Å². The predicted octanol–water partition coefficient (Wildman–Crippen LogP) is 5.84. The number of benzene rings is 3. The molecule has 2 N–H and O–H groups in total. The van der Waals surface area contributed by atoms with Crippen LogP contribution < -0.4 is 10.7 Å². The van der Waals surface area contributed by atoms with E-state index in [0.717, 1.165) is 5.56 Å². The predicted molar refractivity (Wildman–Crippen MR) is 128 cm³/mol. The molecular weight excluding hydrogens is 418 g/mol. The highest BCUT2D eigenvalue weighted by Gasteiger charge is 2.23. The molecule has 1 heterocycles. The first kappa shape index (κ1) is 22.0. The molecule has 166 valence electrons. The van der Waals surface area contributed by atoms with Crippen molar-refractivity contribution in [3.05, 3.63) is 99.2 Å². The molecule has 4 rings (SSSR count). The molecule has 1 unspecified atom stereocenters. The first-order valence-electron chi connectivity index (χ1n) is 10.5. The van der Waals surface area contributed by atoms with Gasteiger partial charge in [-0.25, -0.2) is 4.79 Å². The molecule has 0 bridgehead atoms. The fourth-order valence-corrected chi connectivity index (χ4v) is 4.02. The number of nitrogens with one attached hydrogen (secondary N) is 1. The van der Waals surface area contributed by atoms with Crippen LogP contribution in [0.4, 0.5) is 5.69 Å². The molecule has 6 nitrogen and oxygen atoms in total. The Kier molecular flexibility index (Phi) is 5.84. The summed E-state index contributed by atoms with van der Waals surface area (Å²) >= 11 is 0. The summed E-state index contributed by atoms with van der Waals surface area (Å²) in [5.41, 5.74) is 2.74. The topological polar surface area (TPSA) is 96.6 Å². The summed E-state index contributed by atoms with van der Waals surface area (Å²) in [7, 11) is 0. The molecule has 0 aliphatic heterocycles. The van der Waals surface area contributed by atoms with Gasteiger partial charge in [0, 0.05) is 16.8 Å². The zero-order valence-electron chi connectivity index (χ0n) is 18.5. The zero-order chi connectivity index (χ0) is 23.7. The molecule has 33 heavy (non-hydrogen) atoms. The van der Waals surface area contributed by atoms with Crippen LogP contribution in [0.1, 0.15) is 51.7 Å². The van der Waals surface area contributed by atoms with Crippen LogP contribution in [0.3, 0.4) is 0 Å². The molecule has 0 amide bonds. The maximum absolute atomic E-state index is 13.4. The Morgan fingerprint density at radius 1 is 1.00 bits per heavy atom. The molecule has 0 saturated carbocycles. The number of carboxylic acid groups (broad SMARTS) is 1. The van der Waals surface area contributed by atoms with Crippen molar-refractivity contribution in [2.75, 3.05) is 5.32 Å². The largest absolute Gasteiger partial charge is 0.478 e. The number of para-hydroxylation sites is 1. The van der Waals surface area contributed by atoms with Gasteiger partial charge >= 0.3 is 5.97 Å². The first-order chi connectivity index (χ1) is 15.8. The van der Waals surface area contributed by atoms with Gasteiger partial charge in [0.05, 0.1) is 17.0 Å². The third-order valence-electron chi connectivity index (χ3n) is 5.55. The Morgan fingerprint density at radius 3 is 2.33 bits per heavy atom. The summed E-state index contributed by atoms with van der Waals surface area (Å²) in [4.78, 5) is 37.5. The number of aromatic carboxylic acids is 1. The molecule has 1 atom stereocenters. The average molecular weight is 441 g/mol. The van der Waals surface area contributed by atoms with Gasteiger partial charge in [-0.3, -0.25) is 9.59 Å². The van der Waals surface area contributed by atoms with Crippen LogP contribution in [-0.4, -0.2) is 16.9 Å². The maximum Gasteiger partial charge on any atom is 0.337 e. The summed E-state index contributed by atoms with van der Waals surface area (Å²) in [6.07, 6.45) is 0. The number of rotatable bonds is 6. The van der Waals surface area contributed by atoms with Crippen molar-refractivity contribution in [1.82, 2.24) is 0 Å². The van der Waals surface area contributed by atoms with Gasteiger partial charge in [-0.15, -0.1) is 0 Å². The number of anilines is 1. The average Bonchev–Trinajstić information content (AvgIpc) is 2.79. The number of aryl methyl sites for hydroxylation is 1. The maximum atomic E-state index is 13.4. The molecule has 3 aromatic carbocycles. The molecule has 0 fully saturated rings. The number of carbonyl (C=O) groups is 2. The lowest BCUT2D eigenvalue weighted by molar-refractivity contribution is 0.0697. The van der Waals surface area contributed by atoms with Gasteiger partial charge in [0.1, 0.15) is 16.9 Å². The quantitative estimate of drug-likeness (QED) is 0.365. The van der Waals surface area contributed by atoms with Gasteiger partial charge in [0.25, 0.3) is 0 Å². The Bertz CT molecular complexity index is 1440. The monoisotopic (exact) mass is 441 g/mol. The standard InChI is InChI=1S/C27H23NO5/c1-15-13-20(16(2)28-22-12-8-7-11-19(22)27(31)32)26-21(14-15)24(30)23(17(3)29)25(33-26)18-9-5-4-6-10-18/h4-14,16,28H,1-3H3,(H,31,32). The number of fused-ring (bicyclic) bond motifs is 1. The summed E-state index contributed by atoms with van der Waals surface area (Å²) < 4.78 is 6.27. The molecule has 1 aromatic heterocycles. The van der Waals surface area contributed by atoms with E-state index in [1.165, 1.54) is 13.0 Å². The number of Topliss-reactive ketones (excluding diaryl/α,β-unsaturated/α-hetero) is 1. The van der Waals surface area contributed by atoms with Crippen LogP contribution >= 0.6 is 0 Å². The van der Waals surface area contributed by atoms with Gasteiger partial charge in [0.2, 0.25) is 5.43 Å². The van der Waals surface area contributed by atoms with Crippen molar-refractivity contribution in [2.24, 2.45) is 0 Å². The Hall–Kier alpha value is -4.19. The summed E-state index contributed by atoms with van der Waals surface area (Å²) in [6.45, 7) is 5.08. The van der Waals surface area contributed by atoms with Crippen LogP contribution in [0.5, 0.6) is 0 Å². The molecule has 6 heteroatoms. The van der Waals surface area contributed by atoms with Crippen LogP contribution in [0.2, 0.25) is 0 Å². The number of ketones is 1. The van der Waals surface area contributed by atoms with E-state index in [4.69, 9.17) is 4.42 Å². The van der Waals surface area contributed by atoms with Crippen molar-refractivity contribution in [1.29, 1.82) is 0 Å². The minimum Gasteiger partial charge on any atom is -0.478 e. The molecule has 0 radical (unpaired) electrons. The molecule has 0 aliphatic carbocycles. The fraction of sp³-hybridized carbons (Fsp3) is 0.148. The van der Waals surface area contributed by atoms with Crippen LogP contribution in [0, 0.1) is 6.92 Å². The van der Waals surface area contributed by atoms with Gasteiger partial charge in [-0.2, -0.15) is 0 Å². The number of hydrogen-bond acceptors (Lipinski definition) is 5.